The zero-order chi connectivity index (χ0) is 15.8. The van der Waals surface area contributed by atoms with Gasteiger partial charge in [0.2, 0.25) is 0 Å². The van der Waals surface area contributed by atoms with Crippen molar-refractivity contribution in [1.29, 1.82) is 0 Å². The van der Waals surface area contributed by atoms with Crippen LogP contribution in [-0.4, -0.2) is 23.1 Å². The van der Waals surface area contributed by atoms with Gasteiger partial charge in [-0.2, -0.15) is 0 Å². The van der Waals surface area contributed by atoms with Crippen molar-refractivity contribution in [3.8, 4) is 0 Å². The average molecular weight is 385 g/mol. The number of hydrogen-bond acceptors (Lipinski definition) is 1. The molecule has 3 aromatic rings. The van der Waals surface area contributed by atoms with E-state index in [-0.39, 0.29) is 17.0 Å². The number of benzene rings is 2. The van der Waals surface area contributed by atoms with Gasteiger partial charge < -0.3 is 9.47 Å². The van der Waals surface area contributed by atoms with Gasteiger partial charge in [0.05, 0.1) is 0 Å². The number of aromatic nitrogens is 1. The number of rotatable bonds is 3. The van der Waals surface area contributed by atoms with Gasteiger partial charge >= 0.3 is 0 Å². The fraction of sp³-hybridized carbons (Fsp3) is 0.333. The quantitative estimate of drug-likeness (QED) is 0.631. The Kier molecular flexibility index (Phi) is 5.12. The van der Waals surface area contributed by atoms with Gasteiger partial charge in [-0.05, 0) is 43.7 Å². The Morgan fingerprint density at radius 3 is 2.62 bits per heavy atom. The number of hydrogen-bond donors (Lipinski definition) is 0. The lowest BCUT2D eigenvalue weighted by molar-refractivity contribution is 0.309. The van der Waals surface area contributed by atoms with Gasteiger partial charge in [0.1, 0.15) is 0 Å². The van der Waals surface area contributed by atoms with E-state index >= 15 is 0 Å². The summed E-state index contributed by atoms with van der Waals surface area (Å²) in [7, 11) is 2.23. The van der Waals surface area contributed by atoms with Crippen LogP contribution in [0.25, 0.3) is 10.9 Å². The van der Waals surface area contributed by atoms with Crippen LogP contribution < -0.4 is 0 Å². The first-order valence-corrected chi connectivity index (χ1v) is 8.55. The van der Waals surface area contributed by atoms with Crippen molar-refractivity contribution in [1.82, 2.24) is 9.47 Å². The molecule has 0 amide bonds. The van der Waals surface area contributed by atoms with Crippen molar-refractivity contribution in [2.45, 2.75) is 32.9 Å². The smallest absolute Gasteiger partial charge is 0.0486 e. The molecule has 0 aliphatic carbocycles. The van der Waals surface area contributed by atoms with Crippen LogP contribution in [0.4, 0.5) is 0 Å². The molecule has 2 aromatic carbocycles. The lowest BCUT2D eigenvalue weighted by atomic mass is 10.0. The summed E-state index contributed by atoms with van der Waals surface area (Å²) in [4.78, 5) is 2.44. The molecular weight excluding hydrogens is 360 g/mol. The Morgan fingerprint density at radius 1 is 1.04 bits per heavy atom. The summed E-state index contributed by atoms with van der Waals surface area (Å²) in [5, 5.41) is 1.46. The summed E-state index contributed by atoms with van der Waals surface area (Å²) < 4.78 is 2.57. The molecule has 0 saturated heterocycles. The summed E-state index contributed by atoms with van der Waals surface area (Å²) >= 11 is 0. The standard InChI is InChI=1S/C21H24N2.BrH/c1-16-8-9-20-18(14-16)19-15-22(2)12-11-21(19)23(20)13-10-17-6-4-3-5-7-17;/h3-9,14H,10-13,15H2,1-2H3;1H. The zero-order valence-electron chi connectivity index (χ0n) is 14.5. The average Bonchev–Trinajstić information content (AvgIpc) is 2.86. The molecule has 0 bridgehead atoms. The fourth-order valence-corrected chi connectivity index (χ4v) is 3.84. The maximum atomic E-state index is 2.57. The largest absolute Gasteiger partial charge is 0.344 e. The maximum Gasteiger partial charge on any atom is 0.0486 e. The molecule has 4 rings (SSSR count). The highest BCUT2D eigenvalue weighted by atomic mass is 79.9. The first-order chi connectivity index (χ1) is 11.2. The highest BCUT2D eigenvalue weighted by Crippen LogP contribution is 2.31. The second kappa shape index (κ2) is 7.12. The molecule has 0 radical (unpaired) electrons. The lowest BCUT2D eigenvalue weighted by Crippen LogP contribution is -2.27. The third-order valence-electron chi connectivity index (χ3n) is 5.07. The predicted molar refractivity (Wildman–Crippen MR) is 107 cm³/mol. The molecule has 0 saturated carbocycles. The van der Waals surface area contributed by atoms with E-state index in [9.17, 15) is 0 Å². The maximum absolute atomic E-state index is 2.57. The van der Waals surface area contributed by atoms with E-state index in [0.29, 0.717) is 0 Å². The topological polar surface area (TPSA) is 8.17 Å². The first-order valence-electron chi connectivity index (χ1n) is 8.55. The molecular formula is C21H25BrN2. The van der Waals surface area contributed by atoms with Gasteiger partial charge in [0.25, 0.3) is 0 Å². The molecule has 24 heavy (non-hydrogen) atoms. The predicted octanol–water partition coefficient (Wildman–Crippen LogP) is 4.76. The van der Waals surface area contributed by atoms with Crippen LogP contribution in [0.5, 0.6) is 0 Å². The van der Waals surface area contributed by atoms with Crippen LogP contribution in [0.1, 0.15) is 22.4 Å². The van der Waals surface area contributed by atoms with Crippen molar-refractivity contribution in [3.63, 3.8) is 0 Å². The molecule has 1 aliphatic rings. The Bertz CT molecular complexity index is 836. The monoisotopic (exact) mass is 384 g/mol. The Hall–Kier alpha value is -1.58. The van der Waals surface area contributed by atoms with Crippen molar-refractivity contribution < 1.29 is 0 Å². The number of fused-ring (bicyclic) bond motifs is 3. The van der Waals surface area contributed by atoms with Crippen LogP contribution in [0.3, 0.4) is 0 Å². The summed E-state index contributed by atoms with van der Waals surface area (Å²) in [6.45, 7) is 5.50. The van der Waals surface area contributed by atoms with E-state index in [2.05, 4.69) is 72.0 Å². The minimum atomic E-state index is 0. The van der Waals surface area contributed by atoms with Crippen LogP contribution in [0.15, 0.2) is 48.5 Å². The Morgan fingerprint density at radius 2 is 1.83 bits per heavy atom. The lowest BCUT2D eigenvalue weighted by Gasteiger charge is -2.24. The third kappa shape index (κ3) is 3.15. The molecule has 0 fully saturated rings. The van der Waals surface area contributed by atoms with E-state index in [0.717, 1.165) is 32.5 Å². The van der Waals surface area contributed by atoms with Crippen LogP contribution in [0.2, 0.25) is 0 Å². The van der Waals surface area contributed by atoms with E-state index in [4.69, 9.17) is 0 Å². The number of halogens is 1. The van der Waals surface area contributed by atoms with Gasteiger partial charge in [-0.25, -0.2) is 0 Å². The van der Waals surface area contributed by atoms with Gasteiger partial charge in [-0.3, -0.25) is 0 Å². The van der Waals surface area contributed by atoms with Gasteiger partial charge in [-0.15, -0.1) is 17.0 Å². The summed E-state index contributed by atoms with van der Waals surface area (Å²) in [6.07, 6.45) is 2.26. The highest BCUT2D eigenvalue weighted by Gasteiger charge is 2.22. The second-order valence-electron chi connectivity index (χ2n) is 6.82. The molecule has 0 N–H and O–H groups in total. The van der Waals surface area contributed by atoms with Crippen molar-refractivity contribution in [2.24, 2.45) is 0 Å². The fourth-order valence-electron chi connectivity index (χ4n) is 3.84. The van der Waals surface area contributed by atoms with E-state index in [1.54, 1.807) is 11.3 Å². The molecule has 2 nitrogen and oxygen atoms in total. The van der Waals surface area contributed by atoms with Gasteiger partial charge in [0.15, 0.2) is 0 Å². The summed E-state index contributed by atoms with van der Waals surface area (Å²) in [6, 6.07) is 17.8. The van der Waals surface area contributed by atoms with Crippen LogP contribution >= 0.6 is 17.0 Å². The van der Waals surface area contributed by atoms with Crippen molar-refractivity contribution >= 4 is 27.9 Å². The molecule has 0 unspecified atom stereocenters. The highest BCUT2D eigenvalue weighted by molar-refractivity contribution is 8.93. The van der Waals surface area contributed by atoms with Crippen molar-refractivity contribution in [3.05, 3.63) is 70.9 Å². The van der Waals surface area contributed by atoms with E-state index in [1.165, 1.54) is 22.0 Å². The van der Waals surface area contributed by atoms with Crippen molar-refractivity contribution in [2.75, 3.05) is 13.6 Å². The molecule has 0 atom stereocenters. The third-order valence-corrected chi connectivity index (χ3v) is 5.07. The summed E-state index contributed by atoms with van der Waals surface area (Å²) in [5.41, 5.74) is 7.29. The normalized spacial score (nSPS) is 14.4. The number of likely N-dealkylation sites (N-methyl/N-ethyl adjacent to an activating group) is 1. The minimum Gasteiger partial charge on any atom is -0.344 e. The van der Waals surface area contributed by atoms with E-state index < -0.39 is 0 Å². The zero-order valence-corrected chi connectivity index (χ0v) is 16.2. The number of nitrogens with zero attached hydrogens (tertiary/aromatic N) is 2. The molecule has 126 valence electrons. The first kappa shape index (κ1) is 17.2. The van der Waals surface area contributed by atoms with Crippen LogP contribution in [0, 0.1) is 6.92 Å². The molecule has 1 aliphatic heterocycles. The Labute approximate surface area is 154 Å². The molecule has 3 heteroatoms. The minimum absolute atomic E-state index is 0. The Balaban J connectivity index is 0.00000169. The van der Waals surface area contributed by atoms with Crippen LogP contribution in [-0.2, 0) is 25.9 Å². The second-order valence-corrected chi connectivity index (χ2v) is 6.82. The molecule has 1 aromatic heterocycles. The number of aryl methyl sites for hydroxylation is 3. The SMILES string of the molecule is Br.Cc1ccc2c(c1)c1c(n2CCc2ccccc2)CCN(C)C1. The van der Waals surface area contributed by atoms with E-state index in [1.807, 2.05) is 0 Å². The molecule has 2 heterocycles. The summed E-state index contributed by atoms with van der Waals surface area (Å²) in [5.74, 6) is 0. The molecule has 0 spiro atoms. The van der Waals surface area contributed by atoms with Gasteiger partial charge in [-0.1, -0.05) is 42.0 Å². The van der Waals surface area contributed by atoms with Gasteiger partial charge in [0, 0.05) is 42.7 Å².